The monoisotopic (exact) mass is 277 g/mol. The molecule has 3 nitrogen and oxygen atoms in total. The molecule has 112 valence electrons. The van der Waals surface area contributed by atoms with Crippen molar-refractivity contribution in [2.75, 3.05) is 34.4 Å². The Balaban J connectivity index is 2.27. The molecule has 2 rings (SSSR count). The number of methoxy groups -OCH3 is 1. The highest BCUT2D eigenvalue weighted by atomic mass is 16.5. The third-order valence-electron chi connectivity index (χ3n) is 4.49. The lowest BCUT2D eigenvalue weighted by atomic mass is 9.73. The van der Waals surface area contributed by atoms with E-state index in [1.165, 1.54) is 18.4 Å². The van der Waals surface area contributed by atoms with E-state index in [0.29, 0.717) is 13.2 Å². The number of hydrogen-bond donors (Lipinski definition) is 0. The summed E-state index contributed by atoms with van der Waals surface area (Å²) in [6, 6.07) is 10.8. The van der Waals surface area contributed by atoms with E-state index in [1.54, 1.807) is 7.11 Å². The summed E-state index contributed by atoms with van der Waals surface area (Å²) in [5, 5.41) is 0. The van der Waals surface area contributed by atoms with Gasteiger partial charge in [-0.25, -0.2) is 0 Å². The zero-order valence-electron chi connectivity index (χ0n) is 13.0. The molecule has 1 aliphatic rings. The standard InChI is InChI=1S/C17H27NO2/c1-18(2)17(15-9-5-4-6-10-15)12-8-7-11-16(17)20-14-13-19-3/h4-6,9-10,16H,7-8,11-14H2,1-3H3/t16-,17-/m0/s1. The van der Waals surface area contributed by atoms with Crippen LogP contribution in [0, 0.1) is 0 Å². The predicted molar refractivity (Wildman–Crippen MR) is 81.9 cm³/mol. The van der Waals surface area contributed by atoms with Crippen molar-refractivity contribution in [2.24, 2.45) is 0 Å². The summed E-state index contributed by atoms with van der Waals surface area (Å²) >= 11 is 0. The molecular formula is C17H27NO2. The van der Waals surface area contributed by atoms with Crippen molar-refractivity contribution in [3.63, 3.8) is 0 Å². The van der Waals surface area contributed by atoms with Gasteiger partial charge in [-0.3, -0.25) is 4.90 Å². The molecule has 0 unspecified atom stereocenters. The highest BCUT2D eigenvalue weighted by Crippen LogP contribution is 2.42. The van der Waals surface area contributed by atoms with Gasteiger partial charge in [-0.2, -0.15) is 0 Å². The smallest absolute Gasteiger partial charge is 0.0801 e. The Hall–Kier alpha value is -0.900. The van der Waals surface area contributed by atoms with Gasteiger partial charge in [0.1, 0.15) is 0 Å². The second kappa shape index (κ2) is 7.21. The zero-order valence-corrected chi connectivity index (χ0v) is 13.0. The third kappa shape index (κ3) is 3.05. The molecule has 1 saturated carbocycles. The van der Waals surface area contributed by atoms with Crippen LogP contribution in [-0.4, -0.2) is 45.4 Å². The highest BCUT2D eigenvalue weighted by molar-refractivity contribution is 5.27. The number of nitrogens with zero attached hydrogens (tertiary/aromatic N) is 1. The van der Waals surface area contributed by atoms with E-state index in [2.05, 4.69) is 49.3 Å². The lowest BCUT2D eigenvalue weighted by Gasteiger charge is -2.49. The fraction of sp³-hybridized carbons (Fsp3) is 0.647. The van der Waals surface area contributed by atoms with Gasteiger partial charge >= 0.3 is 0 Å². The summed E-state index contributed by atoms with van der Waals surface area (Å²) in [4.78, 5) is 2.35. The topological polar surface area (TPSA) is 21.7 Å². The average Bonchev–Trinajstić information content (AvgIpc) is 2.48. The van der Waals surface area contributed by atoms with E-state index in [9.17, 15) is 0 Å². The van der Waals surface area contributed by atoms with Crippen LogP contribution in [0.2, 0.25) is 0 Å². The minimum Gasteiger partial charge on any atom is -0.382 e. The van der Waals surface area contributed by atoms with Crippen molar-refractivity contribution in [3.8, 4) is 0 Å². The van der Waals surface area contributed by atoms with Crippen molar-refractivity contribution in [1.29, 1.82) is 0 Å². The molecule has 1 fully saturated rings. The van der Waals surface area contributed by atoms with Crippen molar-refractivity contribution >= 4 is 0 Å². The summed E-state index contributed by atoms with van der Waals surface area (Å²) in [5.74, 6) is 0. The maximum Gasteiger partial charge on any atom is 0.0801 e. The van der Waals surface area contributed by atoms with Crippen molar-refractivity contribution in [3.05, 3.63) is 35.9 Å². The minimum absolute atomic E-state index is 0.00670. The third-order valence-corrected chi connectivity index (χ3v) is 4.49. The fourth-order valence-corrected chi connectivity index (χ4v) is 3.45. The molecule has 0 aliphatic heterocycles. The van der Waals surface area contributed by atoms with Crippen LogP contribution in [0.1, 0.15) is 31.2 Å². The summed E-state index contributed by atoms with van der Waals surface area (Å²) in [6.07, 6.45) is 5.03. The molecular weight excluding hydrogens is 250 g/mol. The van der Waals surface area contributed by atoms with Crippen molar-refractivity contribution in [1.82, 2.24) is 4.90 Å². The molecule has 1 aliphatic carbocycles. The Morgan fingerprint density at radius 3 is 2.55 bits per heavy atom. The van der Waals surface area contributed by atoms with Crippen molar-refractivity contribution in [2.45, 2.75) is 37.3 Å². The molecule has 20 heavy (non-hydrogen) atoms. The predicted octanol–water partition coefficient (Wildman–Crippen LogP) is 3.05. The summed E-state index contributed by atoms with van der Waals surface area (Å²) in [5.41, 5.74) is 1.36. The molecule has 1 aromatic carbocycles. The molecule has 0 radical (unpaired) electrons. The quantitative estimate of drug-likeness (QED) is 0.746. The number of benzene rings is 1. The van der Waals surface area contributed by atoms with Crippen molar-refractivity contribution < 1.29 is 9.47 Å². The molecule has 0 N–H and O–H groups in total. The summed E-state index contributed by atoms with van der Waals surface area (Å²) < 4.78 is 11.3. The molecule has 2 atom stereocenters. The van der Waals surface area contributed by atoms with E-state index in [4.69, 9.17) is 9.47 Å². The maximum atomic E-state index is 6.19. The number of likely N-dealkylation sites (N-methyl/N-ethyl adjacent to an activating group) is 1. The number of hydrogen-bond acceptors (Lipinski definition) is 3. The molecule has 0 heterocycles. The van der Waals surface area contributed by atoms with Gasteiger partial charge in [0.25, 0.3) is 0 Å². The molecule has 0 amide bonds. The largest absolute Gasteiger partial charge is 0.382 e. The van der Waals surface area contributed by atoms with E-state index in [0.717, 1.165) is 12.8 Å². The van der Waals surface area contributed by atoms with E-state index >= 15 is 0 Å². The summed E-state index contributed by atoms with van der Waals surface area (Å²) in [6.45, 7) is 1.33. The van der Waals surface area contributed by atoms with Gasteiger partial charge in [-0.1, -0.05) is 43.2 Å². The SMILES string of the molecule is COCCO[C@H]1CCCC[C@@]1(c1ccccc1)N(C)C. The van der Waals surface area contributed by atoms with Crippen LogP contribution in [0.5, 0.6) is 0 Å². The van der Waals surface area contributed by atoms with Crippen LogP contribution in [0.4, 0.5) is 0 Å². The molecule has 1 aromatic rings. The highest BCUT2D eigenvalue weighted by Gasteiger charge is 2.44. The Kier molecular flexibility index (Phi) is 5.58. The first kappa shape index (κ1) is 15.5. The molecule has 0 spiro atoms. The van der Waals surface area contributed by atoms with E-state index in [-0.39, 0.29) is 11.6 Å². The van der Waals surface area contributed by atoms with Gasteiger partial charge in [0.2, 0.25) is 0 Å². The first-order valence-electron chi connectivity index (χ1n) is 7.55. The second-order valence-electron chi connectivity index (χ2n) is 5.78. The first-order chi connectivity index (χ1) is 9.71. The zero-order chi connectivity index (χ0) is 14.4. The Morgan fingerprint density at radius 1 is 1.15 bits per heavy atom. The second-order valence-corrected chi connectivity index (χ2v) is 5.78. The van der Waals surface area contributed by atoms with Gasteiger partial charge < -0.3 is 9.47 Å². The van der Waals surface area contributed by atoms with Crippen LogP contribution in [-0.2, 0) is 15.0 Å². The Bertz CT molecular complexity index is 393. The van der Waals surface area contributed by atoms with Gasteiger partial charge in [0.05, 0.1) is 24.9 Å². The van der Waals surface area contributed by atoms with Gasteiger partial charge in [-0.05, 0) is 32.5 Å². The first-order valence-corrected chi connectivity index (χ1v) is 7.55. The average molecular weight is 277 g/mol. The molecule has 0 saturated heterocycles. The van der Waals surface area contributed by atoms with Gasteiger partial charge in [0.15, 0.2) is 0 Å². The molecule has 0 bridgehead atoms. The van der Waals surface area contributed by atoms with E-state index < -0.39 is 0 Å². The van der Waals surface area contributed by atoms with Crippen LogP contribution in [0.3, 0.4) is 0 Å². The fourth-order valence-electron chi connectivity index (χ4n) is 3.45. The minimum atomic E-state index is -0.00670. The maximum absolute atomic E-state index is 6.19. The number of rotatable bonds is 6. The van der Waals surface area contributed by atoms with Crippen LogP contribution in [0.25, 0.3) is 0 Å². The summed E-state index contributed by atoms with van der Waals surface area (Å²) in [7, 11) is 6.07. The van der Waals surface area contributed by atoms with Gasteiger partial charge in [0, 0.05) is 7.11 Å². The number of ether oxygens (including phenoxy) is 2. The van der Waals surface area contributed by atoms with Gasteiger partial charge in [-0.15, -0.1) is 0 Å². The normalized spacial score (nSPS) is 26.9. The molecule has 3 heteroatoms. The molecule has 0 aromatic heterocycles. The van der Waals surface area contributed by atoms with E-state index in [1.807, 2.05) is 0 Å². The Labute approximate surface area is 122 Å². The van der Waals surface area contributed by atoms with Crippen LogP contribution in [0.15, 0.2) is 30.3 Å². The lowest BCUT2D eigenvalue weighted by Crippen LogP contribution is -2.53. The lowest BCUT2D eigenvalue weighted by molar-refractivity contribution is -0.0950. The van der Waals surface area contributed by atoms with Crippen LogP contribution < -0.4 is 0 Å². The van der Waals surface area contributed by atoms with Crippen LogP contribution >= 0.6 is 0 Å². The Morgan fingerprint density at radius 2 is 1.90 bits per heavy atom.